The lowest BCUT2D eigenvalue weighted by atomic mass is 10.2. The Labute approximate surface area is 151 Å². The fourth-order valence-electron chi connectivity index (χ4n) is 2.43. The van der Waals surface area contributed by atoms with Crippen LogP contribution in [-0.4, -0.2) is 30.3 Å². The molecule has 0 bridgehead atoms. The second kappa shape index (κ2) is 8.16. The van der Waals surface area contributed by atoms with Crippen LogP contribution in [0.4, 0.5) is 11.5 Å². The molecule has 0 radical (unpaired) electrons. The quantitative estimate of drug-likeness (QED) is 0.384. The molecule has 3 aromatic rings. The Kier molecular flexibility index (Phi) is 5.49. The smallest absolute Gasteiger partial charge is 0.189 e. The zero-order valence-corrected chi connectivity index (χ0v) is 14.2. The van der Waals surface area contributed by atoms with Crippen LogP contribution in [0.3, 0.4) is 0 Å². The van der Waals surface area contributed by atoms with Crippen molar-refractivity contribution in [2.24, 2.45) is 5.90 Å². The summed E-state index contributed by atoms with van der Waals surface area (Å²) < 4.78 is 10.6. The molecule has 0 aliphatic heterocycles. The first-order valence-electron chi connectivity index (χ1n) is 7.86. The number of benzene rings is 2. The minimum atomic E-state index is 0.368. The Morgan fingerprint density at radius 3 is 2.81 bits per heavy atom. The van der Waals surface area contributed by atoms with Crippen LogP contribution in [0.5, 0.6) is 11.5 Å². The molecule has 132 valence electrons. The summed E-state index contributed by atoms with van der Waals surface area (Å²) in [5.41, 5.74) is 2.27. The van der Waals surface area contributed by atoms with E-state index in [1.807, 2.05) is 24.3 Å². The molecular formula is C19H18N4O3. The van der Waals surface area contributed by atoms with E-state index in [1.54, 1.807) is 19.2 Å². The summed E-state index contributed by atoms with van der Waals surface area (Å²) in [5.74, 6) is 9.46. The number of hydrogen-bond acceptors (Lipinski definition) is 7. The lowest BCUT2D eigenvalue weighted by molar-refractivity contribution is 0.143. The number of methoxy groups -OCH3 is 1. The van der Waals surface area contributed by atoms with Gasteiger partial charge in [0.2, 0.25) is 0 Å². The third-order valence-corrected chi connectivity index (χ3v) is 3.66. The summed E-state index contributed by atoms with van der Waals surface area (Å²) in [7, 11) is 1.60. The second-order valence-electron chi connectivity index (χ2n) is 5.35. The normalized spacial score (nSPS) is 10.3. The van der Waals surface area contributed by atoms with Crippen molar-refractivity contribution in [1.29, 1.82) is 0 Å². The minimum Gasteiger partial charge on any atom is -0.487 e. The molecule has 3 rings (SSSR count). The van der Waals surface area contributed by atoms with Crippen molar-refractivity contribution in [3.05, 3.63) is 48.3 Å². The number of nitrogens with two attached hydrogens (primary N) is 1. The molecule has 0 saturated heterocycles. The van der Waals surface area contributed by atoms with Gasteiger partial charge in [0.05, 0.1) is 12.1 Å². The number of rotatable bonds is 7. The van der Waals surface area contributed by atoms with Crippen LogP contribution >= 0.6 is 0 Å². The van der Waals surface area contributed by atoms with Gasteiger partial charge in [-0.25, -0.2) is 9.97 Å². The molecule has 0 amide bonds. The maximum Gasteiger partial charge on any atom is 0.189 e. The van der Waals surface area contributed by atoms with Gasteiger partial charge in [-0.1, -0.05) is 12.0 Å². The summed E-state index contributed by atoms with van der Waals surface area (Å²) >= 11 is 0. The van der Waals surface area contributed by atoms with Crippen molar-refractivity contribution in [3.8, 4) is 23.8 Å². The van der Waals surface area contributed by atoms with Crippen molar-refractivity contribution in [1.82, 2.24) is 9.97 Å². The van der Waals surface area contributed by atoms with E-state index in [0.717, 1.165) is 16.6 Å². The third kappa shape index (κ3) is 3.83. The summed E-state index contributed by atoms with van der Waals surface area (Å²) in [6.07, 6.45) is 6.92. The minimum absolute atomic E-state index is 0.368. The Morgan fingerprint density at radius 2 is 2.04 bits per heavy atom. The first kappa shape index (κ1) is 17.5. The Morgan fingerprint density at radius 1 is 1.15 bits per heavy atom. The van der Waals surface area contributed by atoms with E-state index < -0.39 is 0 Å². The summed E-state index contributed by atoms with van der Waals surface area (Å²) in [6.45, 7) is 0.817. The maximum atomic E-state index is 5.63. The van der Waals surface area contributed by atoms with Gasteiger partial charge < -0.3 is 19.6 Å². The van der Waals surface area contributed by atoms with Crippen LogP contribution in [0, 0.1) is 12.3 Å². The fraction of sp³-hybridized carbons (Fsp3) is 0.158. The van der Waals surface area contributed by atoms with Crippen LogP contribution in [0.1, 0.15) is 5.56 Å². The standard InChI is InChI=1S/C19H18N4O3/c1-3-13-5-4-6-14(9-13)23-19-15-10-18(26-20)17(25-8-7-24-2)11-16(15)21-12-22-19/h1,4-6,9-12H,7-8,20H2,2H3,(H,21,22,23). The summed E-state index contributed by atoms with van der Waals surface area (Å²) in [6, 6.07) is 11.0. The number of nitrogens with one attached hydrogen (secondary N) is 1. The predicted octanol–water partition coefficient (Wildman–Crippen LogP) is 2.63. The van der Waals surface area contributed by atoms with Crippen LogP contribution < -0.4 is 20.8 Å². The van der Waals surface area contributed by atoms with Gasteiger partial charge >= 0.3 is 0 Å². The van der Waals surface area contributed by atoms with Crippen molar-refractivity contribution < 1.29 is 14.3 Å². The molecule has 0 atom stereocenters. The monoisotopic (exact) mass is 350 g/mol. The summed E-state index contributed by atoms with van der Waals surface area (Å²) in [4.78, 5) is 13.5. The molecule has 0 spiro atoms. The Balaban J connectivity index is 1.97. The van der Waals surface area contributed by atoms with Crippen molar-refractivity contribution in [3.63, 3.8) is 0 Å². The van der Waals surface area contributed by atoms with Crippen molar-refractivity contribution in [2.45, 2.75) is 0 Å². The lowest BCUT2D eigenvalue weighted by Crippen LogP contribution is -2.09. The topological polar surface area (TPSA) is 91.5 Å². The first-order valence-corrected chi connectivity index (χ1v) is 7.86. The number of aromatic nitrogens is 2. The van der Waals surface area contributed by atoms with E-state index in [4.69, 9.17) is 26.6 Å². The number of anilines is 2. The Hall–Kier alpha value is -3.34. The summed E-state index contributed by atoms with van der Waals surface area (Å²) in [5, 5.41) is 3.98. The number of nitrogens with zero attached hydrogens (tertiary/aromatic N) is 2. The molecule has 1 aromatic heterocycles. The molecule has 7 nitrogen and oxygen atoms in total. The van der Waals surface area contributed by atoms with Gasteiger partial charge in [0.1, 0.15) is 18.8 Å². The van der Waals surface area contributed by atoms with Gasteiger partial charge in [0.15, 0.2) is 11.5 Å². The fourth-order valence-corrected chi connectivity index (χ4v) is 2.43. The highest BCUT2D eigenvalue weighted by molar-refractivity contribution is 5.93. The van der Waals surface area contributed by atoms with Gasteiger partial charge in [-0.3, -0.25) is 0 Å². The molecule has 7 heteroatoms. The highest BCUT2D eigenvalue weighted by atomic mass is 16.6. The van der Waals surface area contributed by atoms with Gasteiger partial charge in [0, 0.05) is 29.8 Å². The van der Waals surface area contributed by atoms with E-state index in [-0.39, 0.29) is 0 Å². The van der Waals surface area contributed by atoms with Crippen LogP contribution in [0.25, 0.3) is 10.9 Å². The first-order chi connectivity index (χ1) is 12.7. The largest absolute Gasteiger partial charge is 0.487 e. The number of terminal acetylenes is 1. The molecule has 3 N–H and O–H groups in total. The number of fused-ring (bicyclic) bond motifs is 1. The zero-order valence-electron chi connectivity index (χ0n) is 14.2. The average molecular weight is 350 g/mol. The molecule has 1 heterocycles. The molecular weight excluding hydrogens is 332 g/mol. The highest BCUT2D eigenvalue weighted by Crippen LogP contribution is 2.34. The van der Waals surface area contributed by atoms with Crippen LogP contribution in [0.2, 0.25) is 0 Å². The molecule has 0 saturated carbocycles. The van der Waals surface area contributed by atoms with Crippen LogP contribution in [-0.2, 0) is 4.74 Å². The van der Waals surface area contributed by atoms with Crippen molar-refractivity contribution in [2.75, 3.05) is 25.6 Å². The molecule has 26 heavy (non-hydrogen) atoms. The molecule has 0 unspecified atom stereocenters. The average Bonchev–Trinajstić information content (AvgIpc) is 2.68. The predicted molar refractivity (Wildman–Crippen MR) is 99.4 cm³/mol. The van der Waals surface area contributed by atoms with Crippen molar-refractivity contribution >= 4 is 22.4 Å². The molecule has 0 aliphatic rings. The van der Waals surface area contributed by atoms with E-state index in [1.165, 1.54) is 6.33 Å². The number of ether oxygens (including phenoxy) is 2. The lowest BCUT2D eigenvalue weighted by Gasteiger charge is -2.13. The van der Waals surface area contributed by atoms with E-state index >= 15 is 0 Å². The molecule has 0 fully saturated rings. The Bertz CT molecular complexity index is 953. The van der Waals surface area contributed by atoms with E-state index in [9.17, 15) is 0 Å². The van der Waals surface area contributed by atoms with E-state index in [0.29, 0.717) is 36.0 Å². The molecule has 2 aromatic carbocycles. The maximum absolute atomic E-state index is 5.63. The zero-order chi connectivity index (χ0) is 18.4. The highest BCUT2D eigenvalue weighted by Gasteiger charge is 2.12. The van der Waals surface area contributed by atoms with Gasteiger partial charge in [-0.2, -0.15) is 5.90 Å². The van der Waals surface area contributed by atoms with Gasteiger partial charge in [0.25, 0.3) is 0 Å². The number of hydrogen-bond donors (Lipinski definition) is 2. The SMILES string of the molecule is C#Cc1cccc(Nc2ncnc3cc(OCCOC)c(ON)cc23)c1. The second-order valence-corrected chi connectivity index (χ2v) is 5.35. The molecule has 0 aliphatic carbocycles. The van der Waals surface area contributed by atoms with Gasteiger partial charge in [-0.15, -0.1) is 6.42 Å². The van der Waals surface area contributed by atoms with Crippen LogP contribution in [0.15, 0.2) is 42.7 Å². The van der Waals surface area contributed by atoms with Gasteiger partial charge in [-0.05, 0) is 24.3 Å². The third-order valence-electron chi connectivity index (χ3n) is 3.66. The van der Waals surface area contributed by atoms with E-state index in [2.05, 4.69) is 21.2 Å².